The van der Waals surface area contributed by atoms with E-state index in [0.29, 0.717) is 23.5 Å². The molecule has 0 spiro atoms. The van der Waals surface area contributed by atoms with Gasteiger partial charge in [0, 0.05) is 35.1 Å². The Labute approximate surface area is 196 Å². The van der Waals surface area contributed by atoms with Gasteiger partial charge in [-0.05, 0) is 69.1 Å². The van der Waals surface area contributed by atoms with Crippen molar-refractivity contribution in [1.82, 2.24) is 15.1 Å². The molecule has 2 fully saturated rings. The second-order valence-electron chi connectivity index (χ2n) is 9.34. The van der Waals surface area contributed by atoms with E-state index in [1.807, 2.05) is 6.07 Å². The predicted molar refractivity (Wildman–Crippen MR) is 128 cm³/mol. The Bertz CT molecular complexity index is 1200. The van der Waals surface area contributed by atoms with E-state index < -0.39 is 17.9 Å². The van der Waals surface area contributed by atoms with Crippen molar-refractivity contribution in [2.75, 3.05) is 30.4 Å². The number of benzene rings is 2. The summed E-state index contributed by atoms with van der Waals surface area (Å²) in [5.74, 6) is 0.458. The molecule has 3 atom stereocenters. The lowest BCUT2D eigenvalue weighted by Crippen LogP contribution is -2.47. The molecule has 34 heavy (non-hydrogen) atoms. The van der Waals surface area contributed by atoms with E-state index in [2.05, 4.69) is 44.5 Å². The maximum Gasteiger partial charge on any atom is 0.416 e. The van der Waals surface area contributed by atoms with Gasteiger partial charge in [0.2, 0.25) is 0 Å². The highest BCUT2D eigenvalue weighted by molar-refractivity contribution is 5.93. The van der Waals surface area contributed by atoms with Crippen molar-refractivity contribution >= 4 is 22.3 Å². The van der Waals surface area contributed by atoms with Gasteiger partial charge in [0.1, 0.15) is 6.17 Å². The highest BCUT2D eigenvalue weighted by Crippen LogP contribution is 2.37. The molecule has 2 aliphatic heterocycles. The van der Waals surface area contributed by atoms with E-state index >= 15 is 0 Å². The molecule has 0 amide bonds. The monoisotopic (exact) mass is 470 g/mol. The van der Waals surface area contributed by atoms with Crippen molar-refractivity contribution < 1.29 is 13.2 Å². The van der Waals surface area contributed by atoms with Crippen LogP contribution in [0.3, 0.4) is 0 Å². The maximum atomic E-state index is 13.4. The normalized spacial score (nSPS) is 22.1. The van der Waals surface area contributed by atoms with Crippen molar-refractivity contribution in [3.05, 3.63) is 59.3 Å². The van der Waals surface area contributed by atoms with Crippen LogP contribution in [0.2, 0.25) is 0 Å². The van der Waals surface area contributed by atoms with Crippen LogP contribution < -0.4 is 16.0 Å². The Balaban J connectivity index is 1.46. The lowest BCUT2D eigenvalue weighted by Gasteiger charge is -2.38. The second-order valence-corrected chi connectivity index (χ2v) is 9.34. The van der Waals surface area contributed by atoms with Crippen LogP contribution >= 0.6 is 0 Å². The number of piperidine rings is 1. The summed E-state index contributed by atoms with van der Waals surface area (Å²) in [7, 11) is 2.20. The van der Waals surface area contributed by atoms with E-state index in [9.17, 15) is 13.2 Å². The molecule has 1 aromatic heterocycles. The fourth-order valence-corrected chi connectivity index (χ4v) is 5.61. The number of hydrogen-bond donors (Lipinski definition) is 2. The molecule has 1 unspecified atom stereocenters. The molecule has 3 heterocycles. The first kappa shape index (κ1) is 22.9. The third-order valence-corrected chi connectivity index (χ3v) is 7.37. The van der Waals surface area contributed by atoms with E-state index in [0.717, 1.165) is 42.0 Å². The lowest BCUT2D eigenvalue weighted by atomic mass is 9.97. The van der Waals surface area contributed by atoms with Crippen LogP contribution in [-0.4, -0.2) is 47.3 Å². The van der Waals surface area contributed by atoms with Crippen LogP contribution in [0, 0.1) is 6.92 Å². The van der Waals surface area contributed by atoms with Gasteiger partial charge in [0.15, 0.2) is 5.82 Å². The summed E-state index contributed by atoms with van der Waals surface area (Å²) in [4.78, 5) is 4.94. The lowest BCUT2D eigenvalue weighted by molar-refractivity contribution is -0.138. The quantitative estimate of drug-likeness (QED) is 0.539. The summed E-state index contributed by atoms with van der Waals surface area (Å²) in [5.41, 5.74) is 7.24. The minimum absolute atomic E-state index is 0.105. The first-order valence-electron chi connectivity index (χ1n) is 11.6. The van der Waals surface area contributed by atoms with Crippen molar-refractivity contribution in [1.29, 1.82) is 0 Å². The Morgan fingerprint density at radius 1 is 1.12 bits per heavy atom. The van der Waals surface area contributed by atoms with E-state index in [-0.39, 0.29) is 5.56 Å². The smallest absolute Gasteiger partial charge is 0.367 e. The molecule has 3 N–H and O–H groups in total. The third-order valence-electron chi connectivity index (χ3n) is 7.37. The molecule has 0 bridgehead atoms. The second kappa shape index (κ2) is 8.70. The standard InChI is InChI=1S/C25H29F3N6/c1-15-18(5-3-6-20(15)25(26,27)28)23(29)31-24-19-13-17(9-8-16(19)14-30-32-24)34-12-10-21-22(34)7-4-11-33(21)2/h3,5-6,8-9,13-14,21-23H,4,7,10-12,29H2,1-2H3,(H,31,32)/t21-,22?,23+/m1/s1. The molecule has 0 aliphatic carbocycles. The summed E-state index contributed by atoms with van der Waals surface area (Å²) in [6.07, 6.45) is -0.119. The third kappa shape index (κ3) is 4.07. The Kier molecular flexibility index (Phi) is 5.85. The van der Waals surface area contributed by atoms with Gasteiger partial charge in [-0.3, -0.25) is 0 Å². The molecule has 2 saturated heterocycles. The highest BCUT2D eigenvalue weighted by Gasteiger charge is 2.38. The minimum atomic E-state index is -4.44. The van der Waals surface area contributed by atoms with Gasteiger partial charge in [-0.1, -0.05) is 18.2 Å². The molecule has 0 radical (unpaired) electrons. The molecule has 2 aromatic carbocycles. The molecule has 180 valence electrons. The summed E-state index contributed by atoms with van der Waals surface area (Å²) >= 11 is 0. The Hall–Kier alpha value is -2.91. The Morgan fingerprint density at radius 3 is 2.74 bits per heavy atom. The number of nitrogens with two attached hydrogens (primary N) is 1. The van der Waals surface area contributed by atoms with Crippen LogP contribution in [0.4, 0.5) is 24.7 Å². The van der Waals surface area contributed by atoms with Gasteiger partial charge >= 0.3 is 6.18 Å². The average molecular weight is 471 g/mol. The van der Waals surface area contributed by atoms with Crippen LogP contribution in [0.1, 0.15) is 42.1 Å². The van der Waals surface area contributed by atoms with Crippen molar-refractivity contribution in [2.45, 2.75) is 50.6 Å². The summed E-state index contributed by atoms with van der Waals surface area (Å²) in [5, 5.41) is 13.2. The molecular formula is C25H29F3N6. The fourth-order valence-electron chi connectivity index (χ4n) is 5.61. The van der Waals surface area contributed by atoms with Crippen molar-refractivity contribution in [2.24, 2.45) is 5.73 Å². The van der Waals surface area contributed by atoms with E-state index in [1.54, 1.807) is 12.3 Å². The molecule has 5 rings (SSSR count). The summed E-state index contributed by atoms with van der Waals surface area (Å²) in [6, 6.07) is 11.3. The first-order chi connectivity index (χ1) is 16.2. The van der Waals surface area contributed by atoms with Crippen molar-refractivity contribution in [3.63, 3.8) is 0 Å². The number of rotatable bonds is 4. The SMILES string of the molecule is Cc1c([C@@H](N)Nc2nncc3ccc(N4CC[C@@H]5C4CCCN5C)cc23)cccc1C(F)(F)F. The van der Waals surface area contributed by atoms with Gasteiger partial charge in [0.05, 0.1) is 11.8 Å². The van der Waals surface area contributed by atoms with Crippen LogP contribution in [0.15, 0.2) is 42.6 Å². The average Bonchev–Trinajstić information content (AvgIpc) is 3.24. The predicted octanol–water partition coefficient (Wildman–Crippen LogP) is 4.70. The van der Waals surface area contributed by atoms with Gasteiger partial charge < -0.3 is 20.9 Å². The number of likely N-dealkylation sites (N-methyl/N-ethyl adjacent to an activating group) is 1. The van der Waals surface area contributed by atoms with Crippen LogP contribution in [0.25, 0.3) is 10.8 Å². The molecular weight excluding hydrogens is 441 g/mol. The minimum Gasteiger partial charge on any atom is -0.367 e. The van der Waals surface area contributed by atoms with E-state index in [4.69, 9.17) is 5.73 Å². The number of likely N-dealkylation sites (tertiary alicyclic amines) is 1. The summed E-state index contributed by atoms with van der Waals surface area (Å²) in [6.45, 7) is 3.58. The number of fused-ring (bicyclic) bond motifs is 2. The van der Waals surface area contributed by atoms with Gasteiger partial charge in [-0.2, -0.15) is 18.3 Å². The largest absolute Gasteiger partial charge is 0.416 e. The van der Waals surface area contributed by atoms with Gasteiger partial charge in [0.25, 0.3) is 0 Å². The number of hydrogen-bond acceptors (Lipinski definition) is 6. The molecule has 2 aliphatic rings. The number of nitrogens with one attached hydrogen (secondary N) is 1. The zero-order valence-corrected chi connectivity index (χ0v) is 19.3. The number of aromatic nitrogens is 2. The highest BCUT2D eigenvalue weighted by atomic mass is 19.4. The molecule has 3 aromatic rings. The topological polar surface area (TPSA) is 70.3 Å². The number of alkyl halides is 3. The number of anilines is 2. The molecule has 9 heteroatoms. The van der Waals surface area contributed by atoms with Crippen LogP contribution in [-0.2, 0) is 6.18 Å². The maximum absolute atomic E-state index is 13.4. The van der Waals surface area contributed by atoms with Gasteiger partial charge in [-0.15, -0.1) is 5.10 Å². The zero-order valence-electron chi connectivity index (χ0n) is 19.3. The molecule has 6 nitrogen and oxygen atoms in total. The van der Waals surface area contributed by atoms with Crippen molar-refractivity contribution in [3.8, 4) is 0 Å². The van der Waals surface area contributed by atoms with E-state index in [1.165, 1.54) is 25.8 Å². The number of nitrogens with zero attached hydrogens (tertiary/aromatic N) is 4. The number of halogens is 3. The first-order valence-corrected chi connectivity index (χ1v) is 11.6. The Morgan fingerprint density at radius 2 is 1.94 bits per heavy atom. The van der Waals surface area contributed by atoms with Gasteiger partial charge in [-0.25, -0.2) is 0 Å². The summed E-state index contributed by atoms with van der Waals surface area (Å²) < 4.78 is 40.1. The van der Waals surface area contributed by atoms with Crippen LogP contribution in [0.5, 0.6) is 0 Å². The zero-order chi connectivity index (χ0) is 24.0. The molecule has 0 saturated carbocycles. The fraction of sp³-hybridized carbons (Fsp3) is 0.440.